The Hall–Kier alpha value is -2.17. The molecule has 206 valence electrons. The molecule has 5 rings (SSSR count). The monoisotopic (exact) mass is 516 g/mol. The summed E-state index contributed by atoms with van der Waals surface area (Å²) in [6.07, 6.45) is 11.0. The lowest BCUT2D eigenvalue weighted by Crippen LogP contribution is -2.46. The van der Waals surface area contributed by atoms with Gasteiger partial charge in [-0.3, -0.25) is 9.69 Å². The molecule has 38 heavy (non-hydrogen) atoms. The van der Waals surface area contributed by atoms with E-state index in [1.807, 2.05) is 0 Å². The van der Waals surface area contributed by atoms with Crippen molar-refractivity contribution in [2.24, 2.45) is 17.8 Å². The van der Waals surface area contributed by atoms with E-state index in [-0.39, 0.29) is 6.04 Å². The van der Waals surface area contributed by atoms with Crippen molar-refractivity contribution >= 4 is 5.97 Å². The minimum absolute atomic E-state index is 0.311. The van der Waals surface area contributed by atoms with Crippen LogP contribution in [0.2, 0.25) is 0 Å². The first-order chi connectivity index (χ1) is 18.6. The van der Waals surface area contributed by atoms with E-state index in [2.05, 4.69) is 77.4 Å². The lowest BCUT2D eigenvalue weighted by atomic mass is 9.83. The number of likely N-dealkylation sites (tertiary alicyclic amines) is 2. The number of hydrogen-bond acceptors (Lipinski definition) is 3. The number of aliphatic carboxylic acids is 1. The van der Waals surface area contributed by atoms with Crippen LogP contribution in [0.4, 0.5) is 0 Å². The summed E-state index contributed by atoms with van der Waals surface area (Å²) in [4.78, 5) is 17.6. The predicted octanol–water partition coefficient (Wildman–Crippen LogP) is 7.03. The number of carbonyl (C=O) groups is 1. The van der Waals surface area contributed by atoms with Gasteiger partial charge >= 0.3 is 5.97 Å². The van der Waals surface area contributed by atoms with Crippen molar-refractivity contribution in [3.05, 3.63) is 71.8 Å². The summed E-state index contributed by atoms with van der Waals surface area (Å²) in [6.45, 7) is 7.65. The molecule has 4 heteroatoms. The minimum Gasteiger partial charge on any atom is -0.480 e. The van der Waals surface area contributed by atoms with Crippen molar-refractivity contribution in [2.75, 3.05) is 32.7 Å². The summed E-state index contributed by atoms with van der Waals surface area (Å²) in [5, 5.41) is 10.3. The zero-order valence-electron chi connectivity index (χ0n) is 23.4. The van der Waals surface area contributed by atoms with Crippen LogP contribution in [0.15, 0.2) is 60.7 Å². The Morgan fingerprint density at radius 3 is 2.21 bits per heavy atom. The number of rotatable bonds is 10. The lowest BCUT2D eigenvalue weighted by molar-refractivity contribution is -0.145. The van der Waals surface area contributed by atoms with Gasteiger partial charge in [-0.2, -0.15) is 0 Å². The van der Waals surface area contributed by atoms with E-state index in [4.69, 9.17) is 0 Å². The summed E-state index contributed by atoms with van der Waals surface area (Å²) in [6, 6.07) is 21.6. The van der Waals surface area contributed by atoms with Crippen LogP contribution in [0.1, 0.15) is 87.7 Å². The third-order valence-corrected chi connectivity index (χ3v) is 10.0. The second kappa shape index (κ2) is 13.3. The van der Waals surface area contributed by atoms with Crippen molar-refractivity contribution in [1.82, 2.24) is 9.80 Å². The summed E-state index contributed by atoms with van der Waals surface area (Å²) in [5.41, 5.74) is 2.85. The highest BCUT2D eigenvalue weighted by atomic mass is 16.4. The van der Waals surface area contributed by atoms with Crippen molar-refractivity contribution in [3.8, 4) is 0 Å². The van der Waals surface area contributed by atoms with Gasteiger partial charge in [-0.15, -0.1) is 0 Å². The number of benzene rings is 2. The zero-order valence-corrected chi connectivity index (χ0v) is 23.4. The molecule has 1 N–H and O–H groups in total. The lowest BCUT2D eigenvalue weighted by Gasteiger charge is -2.35. The van der Waals surface area contributed by atoms with Gasteiger partial charge in [0.15, 0.2) is 0 Å². The fourth-order valence-electron chi connectivity index (χ4n) is 7.72. The standard InChI is InChI=1S/C34H48N2O2/c1-26(28-11-5-2-6-12-28)17-18-27-19-21-35(22-20-27)23-31-24-36(25-32(31)29-13-7-3-8-14-29)33(34(37)38)30-15-9-4-10-16-30/h2-3,5-8,11-14,26-27,30-33H,4,9-10,15-25H2,1H3,(H,37,38)/t26-,31?,32?,33?/m0/s1. The first-order valence-corrected chi connectivity index (χ1v) is 15.4. The molecule has 1 aliphatic carbocycles. The first-order valence-electron chi connectivity index (χ1n) is 15.4. The third-order valence-electron chi connectivity index (χ3n) is 10.0. The molecule has 4 atom stereocenters. The third kappa shape index (κ3) is 6.87. The molecule has 0 spiro atoms. The number of hydrogen-bond donors (Lipinski definition) is 1. The number of nitrogens with zero attached hydrogens (tertiary/aromatic N) is 2. The summed E-state index contributed by atoms with van der Waals surface area (Å²) in [5.74, 6) is 2.10. The van der Waals surface area contributed by atoms with Crippen LogP contribution >= 0.6 is 0 Å². The second-order valence-corrected chi connectivity index (χ2v) is 12.5. The van der Waals surface area contributed by atoms with E-state index < -0.39 is 5.97 Å². The van der Waals surface area contributed by atoms with Gasteiger partial charge in [0.1, 0.15) is 6.04 Å². The largest absolute Gasteiger partial charge is 0.480 e. The SMILES string of the molecule is C[C@@H](CCC1CCN(CC2CN(C(C(=O)O)C3CCCCC3)CC2c2ccccc2)CC1)c1ccccc1. The van der Waals surface area contributed by atoms with Gasteiger partial charge in [0.2, 0.25) is 0 Å². The Balaban J connectivity index is 1.18. The smallest absolute Gasteiger partial charge is 0.321 e. The van der Waals surface area contributed by atoms with Gasteiger partial charge in [-0.25, -0.2) is 0 Å². The normalized spacial score (nSPS) is 25.8. The molecule has 4 nitrogen and oxygen atoms in total. The number of carboxylic acid groups (broad SMARTS) is 1. The minimum atomic E-state index is -0.602. The van der Waals surface area contributed by atoms with E-state index in [0.717, 1.165) is 38.4 Å². The van der Waals surface area contributed by atoms with E-state index in [9.17, 15) is 9.90 Å². The van der Waals surface area contributed by atoms with Gasteiger partial charge in [0.25, 0.3) is 0 Å². The van der Waals surface area contributed by atoms with Gasteiger partial charge in [-0.05, 0) is 86.4 Å². The number of carboxylic acids is 1. The molecule has 2 aromatic rings. The summed E-state index contributed by atoms with van der Waals surface area (Å²) < 4.78 is 0. The summed E-state index contributed by atoms with van der Waals surface area (Å²) in [7, 11) is 0. The molecule has 0 bridgehead atoms. The zero-order chi connectivity index (χ0) is 26.3. The highest BCUT2D eigenvalue weighted by Crippen LogP contribution is 2.39. The van der Waals surface area contributed by atoms with Gasteiger partial charge in [0.05, 0.1) is 0 Å². The molecule has 2 saturated heterocycles. The van der Waals surface area contributed by atoms with Crippen molar-refractivity contribution in [1.29, 1.82) is 0 Å². The molecule has 3 fully saturated rings. The van der Waals surface area contributed by atoms with Crippen molar-refractivity contribution in [3.63, 3.8) is 0 Å². The van der Waals surface area contributed by atoms with Crippen LogP contribution in [0.25, 0.3) is 0 Å². The maximum atomic E-state index is 12.5. The Morgan fingerprint density at radius 2 is 1.55 bits per heavy atom. The first kappa shape index (κ1) is 27.4. The second-order valence-electron chi connectivity index (χ2n) is 12.5. The van der Waals surface area contributed by atoms with E-state index in [1.54, 1.807) is 0 Å². The molecule has 0 aromatic heterocycles. The Bertz CT molecular complexity index is 982. The van der Waals surface area contributed by atoms with Crippen LogP contribution in [0.3, 0.4) is 0 Å². The van der Waals surface area contributed by atoms with Gasteiger partial charge < -0.3 is 10.0 Å². The number of piperidine rings is 1. The molecule has 0 radical (unpaired) electrons. The van der Waals surface area contributed by atoms with Crippen LogP contribution < -0.4 is 0 Å². The molecule has 3 unspecified atom stereocenters. The molecular weight excluding hydrogens is 468 g/mol. The molecular formula is C34H48N2O2. The molecule has 2 heterocycles. The van der Waals surface area contributed by atoms with Crippen molar-refractivity contribution in [2.45, 2.75) is 82.6 Å². The van der Waals surface area contributed by atoms with E-state index >= 15 is 0 Å². The van der Waals surface area contributed by atoms with Gasteiger partial charge in [-0.1, -0.05) is 86.8 Å². The summed E-state index contributed by atoms with van der Waals surface area (Å²) >= 11 is 0. The maximum Gasteiger partial charge on any atom is 0.321 e. The van der Waals surface area contributed by atoms with Crippen molar-refractivity contribution < 1.29 is 9.90 Å². The topological polar surface area (TPSA) is 43.8 Å². The van der Waals surface area contributed by atoms with Crippen LogP contribution in [-0.2, 0) is 4.79 Å². The average molecular weight is 517 g/mol. The quantitative estimate of drug-likeness (QED) is 0.368. The average Bonchev–Trinajstić information content (AvgIpc) is 3.36. The predicted molar refractivity (Wildman–Crippen MR) is 155 cm³/mol. The molecule has 1 saturated carbocycles. The highest BCUT2D eigenvalue weighted by Gasteiger charge is 2.43. The van der Waals surface area contributed by atoms with Crippen LogP contribution in [-0.4, -0.2) is 59.6 Å². The fourth-order valence-corrected chi connectivity index (χ4v) is 7.72. The van der Waals surface area contributed by atoms with Crippen LogP contribution in [0, 0.1) is 17.8 Å². The molecule has 2 aliphatic heterocycles. The maximum absolute atomic E-state index is 12.5. The Labute approximate surface area is 230 Å². The van der Waals surface area contributed by atoms with Gasteiger partial charge in [0, 0.05) is 25.6 Å². The molecule has 2 aromatic carbocycles. The van der Waals surface area contributed by atoms with Crippen LogP contribution in [0.5, 0.6) is 0 Å². The fraction of sp³-hybridized carbons (Fsp3) is 0.618. The Kier molecular flexibility index (Phi) is 9.56. The highest BCUT2D eigenvalue weighted by molar-refractivity contribution is 5.74. The van der Waals surface area contributed by atoms with E-state index in [0.29, 0.717) is 23.7 Å². The molecule has 0 amide bonds. The van der Waals surface area contributed by atoms with E-state index in [1.165, 1.54) is 69.2 Å². The molecule has 3 aliphatic rings. The Morgan fingerprint density at radius 1 is 0.895 bits per heavy atom.